The fourth-order valence-corrected chi connectivity index (χ4v) is 2.46. The number of benzene rings is 1. The highest BCUT2D eigenvalue weighted by Gasteiger charge is 2.39. The van der Waals surface area contributed by atoms with E-state index in [1.165, 1.54) is 18.2 Å². The van der Waals surface area contributed by atoms with Crippen molar-refractivity contribution in [3.63, 3.8) is 0 Å². The van der Waals surface area contributed by atoms with Gasteiger partial charge in [-0.1, -0.05) is 6.07 Å². The molecular formula is C15H16N2O6. The van der Waals surface area contributed by atoms with Gasteiger partial charge < -0.3 is 9.84 Å². The third kappa shape index (κ3) is 3.71. The van der Waals surface area contributed by atoms with E-state index < -0.39 is 30.2 Å². The number of phenolic OH excluding ortho intramolecular Hbond substituents is 1. The lowest BCUT2D eigenvalue weighted by atomic mass is 9.97. The molecule has 1 aromatic rings. The highest BCUT2D eigenvalue weighted by Crippen LogP contribution is 2.30. The molecule has 2 rings (SSSR count). The first kappa shape index (κ1) is 16.6. The lowest BCUT2D eigenvalue weighted by Crippen LogP contribution is -2.36. The maximum absolute atomic E-state index is 12.2. The van der Waals surface area contributed by atoms with Gasteiger partial charge in [0, 0.05) is 12.5 Å². The Kier molecular flexibility index (Phi) is 5.05. The molecule has 23 heavy (non-hydrogen) atoms. The summed E-state index contributed by atoms with van der Waals surface area (Å²) in [5.74, 6) is -2.37. The van der Waals surface area contributed by atoms with Crippen LogP contribution in [0.3, 0.4) is 0 Å². The Balaban J connectivity index is 2.07. The Labute approximate surface area is 132 Å². The van der Waals surface area contributed by atoms with Crippen molar-refractivity contribution in [2.75, 3.05) is 13.2 Å². The number of likely N-dealkylation sites (tertiary alicyclic amines) is 1. The van der Waals surface area contributed by atoms with Crippen LogP contribution in [0.15, 0.2) is 23.4 Å². The first-order chi connectivity index (χ1) is 11.0. The molecule has 1 aliphatic heterocycles. The van der Waals surface area contributed by atoms with Crippen molar-refractivity contribution in [2.24, 2.45) is 11.1 Å². The lowest BCUT2D eigenvalue weighted by Gasteiger charge is -2.14. The molecule has 1 atom stereocenters. The lowest BCUT2D eigenvalue weighted by molar-refractivity contribution is -0.152. The number of carbonyl (C=O) groups excluding carboxylic acids is 3. The largest absolute Gasteiger partial charge is 0.508 e. The molecule has 1 fully saturated rings. The smallest absolute Gasteiger partial charge is 0.326 e. The van der Waals surface area contributed by atoms with E-state index in [0.717, 1.165) is 4.90 Å². The number of carbonyl (C=O) groups is 3. The highest BCUT2D eigenvalue weighted by molar-refractivity contribution is 6.05. The standard InChI is InChI=1S/C15H16N2O6/c1-2-23-14(20)8-17-13(19)6-10(15(17)21)5-9-3-4-11(16-22)7-12(9)18/h3-4,7,10,18H,2,5-6,8H2,1H3. The van der Waals surface area contributed by atoms with E-state index in [4.69, 9.17) is 4.74 Å². The summed E-state index contributed by atoms with van der Waals surface area (Å²) in [5, 5.41) is 12.5. The van der Waals surface area contributed by atoms with E-state index in [9.17, 15) is 24.4 Å². The van der Waals surface area contributed by atoms with E-state index in [2.05, 4.69) is 5.18 Å². The average molecular weight is 320 g/mol. The van der Waals surface area contributed by atoms with Crippen LogP contribution in [0.1, 0.15) is 18.9 Å². The van der Waals surface area contributed by atoms with E-state index in [1.54, 1.807) is 6.92 Å². The zero-order chi connectivity index (χ0) is 17.0. The van der Waals surface area contributed by atoms with Crippen LogP contribution >= 0.6 is 0 Å². The molecule has 8 nitrogen and oxygen atoms in total. The minimum absolute atomic E-state index is 0.0363. The molecule has 0 aromatic heterocycles. The molecule has 1 unspecified atom stereocenters. The topological polar surface area (TPSA) is 113 Å². The van der Waals surface area contributed by atoms with Gasteiger partial charge in [0.05, 0.1) is 12.5 Å². The molecule has 1 N–H and O–H groups in total. The molecule has 2 amide bonds. The van der Waals surface area contributed by atoms with Crippen molar-refractivity contribution in [3.05, 3.63) is 28.7 Å². The molecule has 1 saturated heterocycles. The number of hydrogen-bond donors (Lipinski definition) is 1. The minimum Gasteiger partial charge on any atom is -0.508 e. The second-order valence-electron chi connectivity index (χ2n) is 5.13. The van der Waals surface area contributed by atoms with Crippen LogP contribution < -0.4 is 0 Å². The molecule has 0 radical (unpaired) electrons. The Bertz CT molecular complexity index is 657. The number of nitrogens with zero attached hydrogens (tertiary/aromatic N) is 2. The molecule has 0 spiro atoms. The zero-order valence-corrected chi connectivity index (χ0v) is 12.5. The van der Waals surface area contributed by atoms with Crippen molar-refractivity contribution in [3.8, 4) is 5.75 Å². The molecule has 0 saturated carbocycles. The zero-order valence-electron chi connectivity index (χ0n) is 12.5. The molecule has 0 aliphatic carbocycles. The molecule has 8 heteroatoms. The first-order valence-electron chi connectivity index (χ1n) is 7.11. The normalized spacial score (nSPS) is 17.4. The average Bonchev–Trinajstić information content (AvgIpc) is 2.77. The summed E-state index contributed by atoms with van der Waals surface area (Å²) < 4.78 is 4.73. The quantitative estimate of drug-likeness (QED) is 0.480. The summed E-state index contributed by atoms with van der Waals surface area (Å²) in [6.07, 6.45) is 0.0974. The number of aromatic hydroxyl groups is 1. The fraction of sp³-hybridized carbons (Fsp3) is 0.400. The molecule has 1 aromatic carbocycles. The number of rotatable bonds is 6. The number of amides is 2. The second-order valence-corrected chi connectivity index (χ2v) is 5.13. The predicted molar refractivity (Wildman–Crippen MR) is 78.7 cm³/mol. The molecule has 1 heterocycles. The summed E-state index contributed by atoms with van der Waals surface area (Å²) in [6, 6.07) is 4.09. The summed E-state index contributed by atoms with van der Waals surface area (Å²) in [4.78, 5) is 46.8. The SMILES string of the molecule is CCOC(=O)CN1C(=O)CC(Cc2ccc(N=O)cc2O)C1=O. The van der Waals surface area contributed by atoms with Gasteiger partial charge in [-0.25, -0.2) is 0 Å². The molecule has 0 bridgehead atoms. The van der Waals surface area contributed by atoms with Crippen molar-refractivity contribution in [1.82, 2.24) is 4.90 Å². The van der Waals surface area contributed by atoms with E-state index in [0.29, 0.717) is 5.56 Å². The van der Waals surface area contributed by atoms with Gasteiger partial charge in [0.15, 0.2) is 0 Å². The van der Waals surface area contributed by atoms with Crippen LogP contribution in [0.4, 0.5) is 5.69 Å². The Hall–Kier alpha value is -2.77. The molecule has 122 valence electrons. The molecular weight excluding hydrogens is 304 g/mol. The van der Waals surface area contributed by atoms with Gasteiger partial charge >= 0.3 is 5.97 Å². The van der Waals surface area contributed by atoms with Gasteiger partial charge in [-0.2, -0.15) is 0 Å². The van der Waals surface area contributed by atoms with Crippen molar-refractivity contribution in [2.45, 2.75) is 19.8 Å². The predicted octanol–water partition coefficient (Wildman–Crippen LogP) is 1.27. The van der Waals surface area contributed by atoms with Gasteiger partial charge in [0.1, 0.15) is 18.0 Å². The fourth-order valence-electron chi connectivity index (χ4n) is 2.46. The Morgan fingerprint density at radius 3 is 2.78 bits per heavy atom. The Morgan fingerprint density at radius 1 is 1.43 bits per heavy atom. The number of esters is 1. The van der Waals surface area contributed by atoms with E-state index in [-0.39, 0.29) is 30.9 Å². The Morgan fingerprint density at radius 2 is 2.17 bits per heavy atom. The second kappa shape index (κ2) is 6.99. The maximum atomic E-state index is 12.2. The number of hydrogen-bond acceptors (Lipinski definition) is 7. The van der Waals surface area contributed by atoms with E-state index in [1.807, 2.05) is 0 Å². The van der Waals surface area contributed by atoms with E-state index >= 15 is 0 Å². The van der Waals surface area contributed by atoms with Gasteiger partial charge in [0.25, 0.3) is 0 Å². The number of phenols is 1. The summed E-state index contributed by atoms with van der Waals surface area (Å²) in [5.41, 5.74) is 0.505. The summed E-state index contributed by atoms with van der Waals surface area (Å²) in [6.45, 7) is 1.40. The molecule has 1 aliphatic rings. The third-order valence-electron chi connectivity index (χ3n) is 3.57. The van der Waals surface area contributed by atoms with Crippen LogP contribution in [0, 0.1) is 10.8 Å². The van der Waals surface area contributed by atoms with Gasteiger partial charge in [-0.05, 0) is 30.2 Å². The van der Waals surface area contributed by atoms with Crippen LogP contribution in [-0.2, 0) is 25.5 Å². The van der Waals surface area contributed by atoms with Crippen molar-refractivity contribution < 1.29 is 24.2 Å². The van der Waals surface area contributed by atoms with Gasteiger partial charge in [-0.15, -0.1) is 4.91 Å². The van der Waals surface area contributed by atoms with Crippen LogP contribution in [0.5, 0.6) is 5.75 Å². The van der Waals surface area contributed by atoms with Crippen LogP contribution in [-0.4, -0.2) is 40.9 Å². The highest BCUT2D eigenvalue weighted by atomic mass is 16.5. The first-order valence-corrected chi connectivity index (χ1v) is 7.11. The number of imide groups is 1. The van der Waals surface area contributed by atoms with Gasteiger partial charge in [0.2, 0.25) is 11.8 Å². The third-order valence-corrected chi connectivity index (χ3v) is 3.57. The number of ether oxygens (including phenoxy) is 1. The monoisotopic (exact) mass is 320 g/mol. The summed E-state index contributed by atoms with van der Waals surface area (Å²) in [7, 11) is 0. The van der Waals surface area contributed by atoms with Gasteiger partial charge in [-0.3, -0.25) is 19.3 Å². The van der Waals surface area contributed by atoms with Crippen LogP contribution in [0.25, 0.3) is 0 Å². The number of nitroso groups, excluding NO2 is 1. The van der Waals surface area contributed by atoms with Crippen molar-refractivity contribution in [1.29, 1.82) is 0 Å². The van der Waals surface area contributed by atoms with Crippen molar-refractivity contribution >= 4 is 23.5 Å². The minimum atomic E-state index is -0.655. The summed E-state index contributed by atoms with van der Waals surface area (Å²) >= 11 is 0. The van der Waals surface area contributed by atoms with Crippen LogP contribution in [0.2, 0.25) is 0 Å². The maximum Gasteiger partial charge on any atom is 0.326 e.